The van der Waals surface area contributed by atoms with Gasteiger partial charge in [-0.3, -0.25) is 9.89 Å². The second-order valence-corrected chi connectivity index (χ2v) is 7.27. The van der Waals surface area contributed by atoms with Crippen molar-refractivity contribution in [3.63, 3.8) is 0 Å². The first-order chi connectivity index (χ1) is 12.0. The third-order valence-electron chi connectivity index (χ3n) is 4.62. The largest absolute Gasteiger partial charge is 0.379 e. The van der Waals surface area contributed by atoms with E-state index in [9.17, 15) is 0 Å². The molecule has 1 aromatic carbocycles. The minimum absolute atomic E-state index is 0.0443. The van der Waals surface area contributed by atoms with Crippen LogP contribution in [0.25, 0.3) is 0 Å². The number of nitrogens with zero attached hydrogens (tertiary/aromatic N) is 2. The van der Waals surface area contributed by atoms with E-state index in [1.54, 1.807) is 0 Å². The van der Waals surface area contributed by atoms with E-state index in [4.69, 9.17) is 9.73 Å². The van der Waals surface area contributed by atoms with E-state index in [2.05, 4.69) is 67.5 Å². The van der Waals surface area contributed by atoms with Crippen LogP contribution in [0.1, 0.15) is 31.9 Å². The maximum atomic E-state index is 5.46. The molecule has 1 heterocycles. The number of morpholine rings is 1. The summed E-state index contributed by atoms with van der Waals surface area (Å²) in [7, 11) is 0. The molecule has 5 nitrogen and oxygen atoms in total. The first-order valence-corrected chi connectivity index (χ1v) is 9.42. The zero-order valence-electron chi connectivity index (χ0n) is 16.3. The Bertz CT molecular complexity index is 550. The Balaban J connectivity index is 1.86. The molecule has 0 radical (unpaired) electrons. The fourth-order valence-electron chi connectivity index (χ4n) is 3.08. The molecule has 140 valence electrons. The molecule has 1 fully saturated rings. The second kappa shape index (κ2) is 9.78. The summed E-state index contributed by atoms with van der Waals surface area (Å²) in [4.78, 5) is 7.29. The summed E-state index contributed by atoms with van der Waals surface area (Å²) in [6, 6.07) is 8.68. The first kappa shape index (κ1) is 19.7. The maximum absolute atomic E-state index is 5.46. The van der Waals surface area contributed by atoms with E-state index in [0.717, 1.165) is 58.3 Å². The van der Waals surface area contributed by atoms with Gasteiger partial charge in [-0.05, 0) is 39.7 Å². The van der Waals surface area contributed by atoms with Crippen LogP contribution in [0.5, 0.6) is 0 Å². The number of guanidine groups is 1. The summed E-state index contributed by atoms with van der Waals surface area (Å²) in [6.45, 7) is 14.9. The van der Waals surface area contributed by atoms with Gasteiger partial charge in [0.1, 0.15) is 0 Å². The summed E-state index contributed by atoms with van der Waals surface area (Å²) >= 11 is 0. The molecule has 0 bridgehead atoms. The van der Waals surface area contributed by atoms with Gasteiger partial charge in [-0.25, -0.2) is 0 Å². The maximum Gasteiger partial charge on any atom is 0.191 e. The predicted molar refractivity (Wildman–Crippen MR) is 105 cm³/mol. The highest BCUT2D eigenvalue weighted by Gasteiger charge is 2.28. The van der Waals surface area contributed by atoms with Gasteiger partial charge in [-0.2, -0.15) is 0 Å². The van der Waals surface area contributed by atoms with Gasteiger partial charge < -0.3 is 15.4 Å². The summed E-state index contributed by atoms with van der Waals surface area (Å²) in [5.74, 6) is 0.900. The number of benzene rings is 1. The molecule has 0 aromatic heterocycles. The molecule has 2 N–H and O–H groups in total. The molecule has 0 amide bonds. The SMILES string of the molecule is CCNC(=NCC(C)(C)N1CCOCC1)NCCc1cccc(C)c1. The monoisotopic (exact) mass is 346 g/mol. The van der Waals surface area contributed by atoms with E-state index in [-0.39, 0.29) is 5.54 Å². The van der Waals surface area contributed by atoms with E-state index >= 15 is 0 Å². The Morgan fingerprint density at radius 3 is 2.68 bits per heavy atom. The standard InChI is InChI=1S/C20H34N4O/c1-5-21-19(22-10-9-18-8-6-7-17(2)15-18)23-16-20(3,4)24-11-13-25-14-12-24/h6-8,15H,5,9-14,16H2,1-4H3,(H2,21,22,23). The normalized spacial score (nSPS) is 16.7. The zero-order valence-corrected chi connectivity index (χ0v) is 16.3. The van der Waals surface area contributed by atoms with Crippen molar-refractivity contribution >= 4 is 5.96 Å². The van der Waals surface area contributed by atoms with Crippen LogP contribution in [-0.4, -0.2) is 62.3 Å². The van der Waals surface area contributed by atoms with Gasteiger partial charge in [-0.15, -0.1) is 0 Å². The fraction of sp³-hybridized carbons (Fsp3) is 0.650. The average molecular weight is 347 g/mol. The van der Waals surface area contributed by atoms with Crippen LogP contribution in [0.4, 0.5) is 0 Å². The van der Waals surface area contributed by atoms with Gasteiger partial charge in [0.05, 0.1) is 19.8 Å². The van der Waals surface area contributed by atoms with Gasteiger partial charge >= 0.3 is 0 Å². The molecule has 0 aliphatic carbocycles. The smallest absolute Gasteiger partial charge is 0.191 e. The van der Waals surface area contributed by atoms with E-state index in [1.165, 1.54) is 11.1 Å². The lowest BCUT2D eigenvalue weighted by Crippen LogP contribution is -2.52. The molecule has 0 spiro atoms. The predicted octanol–water partition coefficient (Wildman–Crippen LogP) is 2.20. The lowest BCUT2D eigenvalue weighted by Gasteiger charge is -2.39. The summed E-state index contributed by atoms with van der Waals surface area (Å²) < 4.78 is 5.46. The third kappa shape index (κ3) is 6.67. The molecule has 25 heavy (non-hydrogen) atoms. The molecular formula is C20H34N4O. The Hall–Kier alpha value is -1.59. The van der Waals surface area contributed by atoms with Gasteiger partial charge in [0.15, 0.2) is 5.96 Å². The van der Waals surface area contributed by atoms with Crippen LogP contribution in [0.3, 0.4) is 0 Å². The van der Waals surface area contributed by atoms with Gasteiger partial charge in [0.25, 0.3) is 0 Å². The Morgan fingerprint density at radius 1 is 1.24 bits per heavy atom. The Kier molecular flexibility index (Phi) is 7.72. The van der Waals surface area contributed by atoms with Crippen LogP contribution >= 0.6 is 0 Å². The lowest BCUT2D eigenvalue weighted by molar-refractivity contribution is -0.00683. The second-order valence-electron chi connectivity index (χ2n) is 7.27. The minimum Gasteiger partial charge on any atom is -0.379 e. The zero-order chi connectivity index (χ0) is 18.1. The Morgan fingerprint density at radius 2 is 2.00 bits per heavy atom. The van der Waals surface area contributed by atoms with E-state index < -0.39 is 0 Å². The summed E-state index contributed by atoms with van der Waals surface area (Å²) in [5.41, 5.74) is 2.71. The molecule has 2 rings (SSSR count). The third-order valence-corrected chi connectivity index (χ3v) is 4.62. The van der Waals surface area contributed by atoms with Crippen molar-refractivity contribution < 1.29 is 4.74 Å². The average Bonchev–Trinajstić information content (AvgIpc) is 2.60. The van der Waals surface area contributed by atoms with Crippen LogP contribution in [0, 0.1) is 6.92 Å². The van der Waals surface area contributed by atoms with Crippen LogP contribution in [0.15, 0.2) is 29.3 Å². The molecular weight excluding hydrogens is 312 g/mol. The highest BCUT2D eigenvalue weighted by Crippen LogP contribution is 2.16. The van der Waals surface area contributed by atoms with Crippen molar-refractivity contribution in [1.29, 1.82) is 0 Å². The number of nitrogens with one attached hydrogen (secondary N) is 2. The number of aliphatic imine (C=N–C) groups is 1. The molecule has 1 aromatic rings. The highest BCUT2D eigenvalue weighted by molar-refractivity contribution is 5.79. The molecule has 0 unspecified atom stereocenters. The molecule has 0 saturated carbocycles. The number of hydrogen-bond acceptors (Lipinski definition) is 3. The van der Waals surface area contributed by atoms with Crippen molar-refractivity contribution in [2.24, 2.45) is 4.99 Å². The fourth-order valence-corrected chi connectivity index (χ4v) is 3.08. The van der Waals surface area contributed by atoms with E-state index in [0.29, 0.717) is 0 Å². The van der Waals surface area contributed by atoms with Gasteiger partial charge in [0.2, 0.25) is 0 Å². The van der Waals surface area contributed by atoms with E-state index in [1.807, 2.05) is 0 Å². The quantitative estimate of drug-likeness (QED) is 0.587. The first-order valence-electron chi connectivity index (χ1n) is 9.42. The Labute approximate surface area is 152 Å². The van der Waals surface area contributed by atoms with Crippen molar-refractivity contribution in [2.75, 3.05) is 45.9 Å². The number of ether oxygens (including phenoxy) is 1. The molecule has 5 heteroatoms. The summed E-state index contributed by atoms with van der Waals surface area (Å²) in [6.07, 6.45) is 0.999. The number of aryl methyl sites for hydroxylation is 1. The number of rotatable bonds is 7. The lowest BCUT2D eigenvalue weighted by atomic mass is 10.0. The van der Waals surface area contributed by atoms with Crippen molar-refractivity contribution in [3.05, 3.63) is 35.4 Å². The van der Waals surface area contributed by atoms with Crippen molar-refractivity contribution in [1.82, 2.24) is 15.5 Å². The molecule has 1 aliphatic rings. The summed E-state index contributed by atoms with van der Waals surface area (Å²) in [5, 5.41) is 6.81. The van der Waals surface area contributed by atoms with Crippen LogP contribution in [0.2, 0.25) is 0 Å². The highest BCUT2D eigenvalue weighted by atomic mass is 16.5. The molecule has 1 saturated heterocycles. The van der Waals surface area contributed by atoms with Crippen LogP contribution in [-0.2, 0) is 11.2 Å². The van der Waals surface area contributed by atoms with Crippen LogP contribution < -0.4 is 10.6 Å². The molecule has 0 atom stereocenters. The number of hydrogen-bond donors (Lipinski definition) is 2. The minimum atomic E-state index is 0.0443. The van der Waals surface area contributed by atoms with Gasteiger partial charge in [-0.1, -0.05) is 29.8 Å². The van der Waals surface area contributed by atoms with Crippen molar-refractivity contribution in [3.8, 4) is 0 Å². The van der Waals surface area contributed by atoms with Crippen molar-refractivity contribution in [2.45, 2.75) is 39.7 Å². The van der Waals surface area contributed by atoms with Gasteiger partial charge in [0, 0.05) is 31.7 Å². The molecule has 1 aliphatic heterocycles. The topological polar surface area (TPSA) is 48.9 Å².